The minimum Gasteiger partial charge on any atom is -0.477 e. The highest BCUT2D eigenvalue weighted by molar-refractivity contribution is 6.05. The van der Waals surface area contributed by atoms with Crippen LogP contribution in [-0.4, -0.2) is 33.4 Å². The van der Waals surface area contributed by atoms with Crippen LogP contribution in [-0.2, 0) is 0 Å². The number of rotatable bonds is 6. The van der Waals surface area contributed by atoms with Crippen LogP contribution in [0.1, 0.15) is 58.4 Å². The summed E-state index contributed by atoms with van der Waals surface area (Å²) in [5.41, 5.74) is 0.663. The Hall–Kier alpha value is -3.22. The van der Waals surface area contributed by atoms with Gasteiger partial charge in [0.15, 0.2) is 0 Å². The zero-order chi connectivity index (χ0) is 19.3. The summed E-state index contributed by atoms with van der Waals surface area (Å²) in [5, 5.41) is 14.5. The van der Waals surface area contributed by atoms with Gasteiger partial charge in [-0.25, -0.2) is 9.78 Å². The third-order valence-corrected chi connectivity index (χ3v) is 3.98. The summed E-state index contributed by atoms with van der Waals surface area (Å²) < 4.78 is 0. The third-order valence-electron chi connectivity index (χ3n) is 3.98. The molecule has 0 aliphatic carbocycles. The number of aromatic carboxylic acids is 1. The lowest BCUT2D eigenvalue weighted by molar-refractivity contribution is 0.0690. The minimum atomic E-state index is -1.20. The summed E-state index contributed by atoms with van der Waals surface area (Å²) in [6.07, 6.45) is 2.07. The molecule has 0 aliphatic heterocycles. The van der Waals surface area contributed by atoms with E-state index in [0.717, 1.165) is 6.42 Å². The molecule has 0 atom stereocenters. The van der Waals surface area contributed by atoms with Crippen LogP contribution in [0.4, 0.5) is 5.69 Å². The second kappa shape index (κ2) is 7.77. The van der Waals surface area contributed by atoms with Crippen LogP contribution in [0.25, 0.3) is 0 Å². The predicted molar refractivity (Wildman–Crippen MR) is 97.4 cm³/mol. The number of carbonyl (C=O) groups excluding carboxylic acids is 2. The maximum Gasteiger partial charge on any atom is 0.354 e. The van der Waals surface area contributed by atoms with Crippen molar-refractivity contribution in [2.45, 2.75) is 32.7 Å². The van der Waals surface area contributed by atoms with E-state index >= 15 is 0 Å². The molecule has 0 spiro atoms. The molecule has 2 amide bonds. The average Bonchev–Trinajstić information content (AvgIpc) is 2.62. The molecular formula is C19H21N3O4. The third kappa shape index (κ3) is 4.89. The van der Waals surface area contributed by atoms with Crippen molar-refractivity contribution >= 4 is 23.5 Å². The van der Waals surface area contributed by atoms with E-state index in [1.165, 1.54) is 18.3 Å². The molecule has 0 bridgehead atoms. The monoisotopic (exact) mass is 355 g/mol. The van der Waals surface area contributed by atoms with Crippen molar-refractivity contribution in [2.75, 3.05) is 5.32 Å². The molecule has 7 nitrogen and oxygen atoms in total. The Morgan fingerprint density at radius 3 is 2.27 bits per heavy atom. The molecule has 26 heavy (non-hydrogen) atoms. The molecule has 0 saturated carbocycles. The molecule has 0 unspecified atom stereocenters. The lowest BCUT2D eigenvalue weighted by atomic mass is 10.0. The number of amides is 2. The van der Waals surface area contributed by atoms with E-state index in [4.69, 9.17) is 5.11 Å². The largest absolute Gasteiger partial charge is 0.477 e. The molecular weight excluding hydrogens is 334 g/mol. The Morgan fingerprint density at radius 1 is 1.04 bits per heavy atom. The Labute approximate surface area is 151 Å². The van der Waals surface area contributed by atoms with Crippen molar-refractivity contribution in [2.24, 2.45) is 0 Å². The van der Waals surface area contributed by atoms with Gasteiger partial charge in [0.05, 0.1) is 0 Å². The molecule has 3 N–H and O–H groups in total. The fourth-order valence-electron chi connectivity index (χ4n) is 2.06. The average molecular weight is 355 g/mol. The van der Waals surface area contributed by atoms with Crippen LogP contribution in [0.15, 0.2) is 42.6 Å². The van der Waals surface area contributed by atoms with Gasteiger partial charge < -0.3 is 15.7 Å². The fourth-order valence-corrected chi connectivity index (χ4v) is 2.06. The number of nitrogens with zero attached hydrogens (tertiary/aromatic N) is 1. The topological polar surface area (TPSA) is 108 Å². The number of nitrogens with one attached hydrogen (secondary N) is 2. The number of carboxylic acid groups (broad SMARTS) is 1. The van der Waals surface area contributed by atoms with E-state index in [0.29, 0.717) is 11.3 Å². The van der Waals surface area contributed by atoms with E-state index in [-0.39, 0.29) is 22.7 Å². The molecule has 0 radical (unpaired) electrons. The summed E-state index contributed by atoms with van der Waals surface area (Å²) in [5.74, 6) is -1.85. The van der Waals surface area contributed by atoms with Crippen LogP contribution in [0.5, 0.6) is 0 Å². The summed E-state index contributed by atoms with van der Waals surface area (Å²) in [6, 6.07) is 9.09. The smallest absolute Gasteiger partial charge is 0.354 e. The number of carboxylic acids is 1. The van der Waals surface area contributed by atoms with Crippen LogP contribution >= 0.6 is 0 Å². The van der Waals surface area contributed by atoms with Gasteiger partial charge in [0.1, 0.15) is 5.69 Å². The Kier molecular flexibility index (Phi) is 5.71. The summed E-state index contributed by atoms with van der Waals surface area (Å²) >= 11 is 0. The number of aromatic nitrogens is 1. The van der Waals surface area contributed by atoms with Gasteiger partial charge in [-0.05, 0) is 56.7 Å². The molecule has 136 valence electrons. The van der Waals surface area contributed by atoms with Crippen LogP contribution < -0.4 is 10.6 Å². The Balaban J connectivity index is 2.07. The predicted octanol–water partition coefficient (Wildman–Crippen LogP) is 2.95. The van der Waals surface area contributed by atoms with Crippen molar-refractivity contribution in [1.82, 2.24) is 10.3 Å². The van der Waals surface area contributed by atoms with Gasteiger partial charge in [0, 0.05) is 28.6 Å². The van der Waals surface area contributed by atoms with Gasteiger partial charge >= 0.3 is 5.97 Å². The minimum absolute atomic E-state index is 0.184. The zero-order valence-corrected chi connectivity index (χ0v) is 14.9. The summed E-state index contributed by atoms with van der Waals surface area (Å²) in [7, 11) is 0. The maximum atomic E-state index is 12.2. The van der Waals surface area contributed by atoms with E-state index in [2.05, 4.69) is 15.6 Å². The van der Waals surface area contributed by atoms with Crippen molar-refractivity contribution in [1.29, 1.82) is 0 Å². The molecule has 0 saturated heterocycles. The highest BCUT2D eigenvalue weighted by Gasteiger charge is 2.18. The second-order valence-corrected chi connectivity index (χ2v) is 6.46. The number of hydrogen-bond acceptors (Lipinski definition) is 4. The number of hydrogen-bond donors (Lipinski definition) is 3. The van der Waals surface area contributed by atoms with Gasteiger partial charge in [-0.15, -0.1) is 0 Å². The lowest BCUT2D eigenvalue weighted by Gasteiger charge is -2.24. The van der Waals surface area contributed by atoms with Gasteiger partial charge in [0.25, 0.3) is 11.8 Å². The van der Waals surface area contributed by atoms with Gasteiger partial charge in [-0.3, -0.25) is 9.59 Å². The molecule has 1 aromatic carbocycles. The summed E-state index contributed by atoms with van der Waals surface area (Å²) in [6.45, 7) is 5.88. The van der Waals surface area contributed by atoms with Gasteiger partial charge in [-0.2, -0.15) is 0 Å². The summed E-state index contributed by atoms with van der Waals surface area (Å²) in [4.78, 5) is 39.0. The first-order chi connectivity index (χ1) is 12.2. The number of benzene rings is 1. The molecule has 1 aromatic heterocycles. The zero-order valence-electron chi connectivity index (χ0n) is 14.9. The second-order valence-electron chi connectivity index (χ2n) is 6.46. The highest BCUT2D eigenvalue weighted by Crippen LogP contribution is 2.14. The van der Waals surface area contributed by atoms with Crippen molar-refractivity contribution in [3.8, 4) is 0 Å². The molecule has 0 fully saturated rings. The highest BCUT2D eigenvalue weighted by atomic mass is 16.4. The first kappa shape index (κ1) is 19.1. The molecule has 2 rings (SSSR count). The van der Waals surface area contributed by atoms with E-state index in [9.17, 15) is 14.4 Å². The van der Waals surface area contributed by atoms with Crippen LogP contribution in [0.3, 0.4) is 0 Å². The van der Waals surface area contributed by atoms with E-state index in [1.807, 2.05) is 20.8 Å². The first-order valence-electron chi connectivity index (χ1n) is 8.15. The van der Waals surface area contributed by atoms with Crippen LogP contribution in [0, 0.1) is 0 Å². The van der Waals surface area contributed by atoms with Crippen molar-refractivity contribution < 1.29 is 19.5 Å². The quantitative estimate of drug-likeness (QED) is 0.738. The SMILES string of the molecule is CCC(C)(C)NC(=O)c1ccc(NC(=O)c2ccnc(C(=O)O)c2)cc1. The fraction of sp³-hybridized carbons (Fsp3) is 0.263. The molecule has 2 aromatic rings. The van der Waals surface area contributed by atoms with Crippen molar-refractivity contribution in [3.05, 3.63) is 59.4 Å². The molecule has 0 aliphatic rings. The number of carbonyl (C=O) groups is 3. The number of pyridine rings is 1. The Morgan fingerprint density at radius 2 is 1.69 bits per heavy atom. The van der Waals surface area contributed by atoms with Gasteiger partial charge in [-0.1, -0.05) is 6.92 Å². The normalized spacial score (nSPS) is 10.9. The van der Waals surface area contributed by atoms with Gasteiger partial charge in [0.2, 0.25) is 0 Å². The lowest BCUT2D eigenvalue weighted by Crippen LogP contribution is -2.42. The van der Waals surface area contributed by atoms with E-state index < -0.39 is 11.9 Å². The molecule has 1 heterocycles. The standard InChI is InChI=1S/C19H21N3O4/c1-4-19(2,3)22-17(24)12-5-7-14(8-6-12)21-16(23)13-9-10-20-15(11-13)18(25)26/h5-11H,4H2,1-3H3,(H,21,23)(H,22,24)(H,25,26). The Bertz CT molecular complexity index is 829. The number of anilines is 1. The molecule has 7 heteroatoms. The van der Waals surface area contributed by atoms with Crippen molar-refractivity contribution in [3.63, 3.8) is 0 Å². The first-order valence-corrected chi connectivity index (χ1v) is 8.15. The van der Waals surface area contributed by atoms with Crippen LogP contribution in [0.2, 0.25) is 0 Å². The maximum absolute atomic E-state index is 12.2. The van der Waals surface area contributed by atoms with E-state index in [1.54, 1.807) is 24.3 Å².